The highest BCUT2D eigenvalue weighted by Crippen LogP contribution is 2.64. The first-order valence-electron chi connectivity index (χ1n) is 11.9. The fraction of sp³-hybridized carbons (Fsp3) is 0.731. The number of nitrogens with one attached hydrogen (secondary N) is 1. The van der Waals surface area contributed by atoms with Crippen LogP contribution < -0.4 is 4.83 Å². The third-order valence-corrected chi connectivity index (χ3v) is 9.25. The summed E-state index contributed by atoms with van der Waals surface area (Å²) in [5.41, 5.74) is 4.29. The Morgan fingerprint density at radius 2 is 1.45 bits per heavy atom. The summed E-state index contributed by atoms with van der Waals surface area (Å²) in [6.45, 7) is 21.7. The number of hydrogen-bond acceptors (Lipinski definition) is 3. The molecule has 2 atom stereocenters. The molecule has 1 aromatic rings. The highest BCUT2D eigenvalue weighted by atomic mass is 32.2. The summed E-state index contributed by atoms with van der Waals surface area (Å²) in [5.74, 6) is 1.60. The number of benzene rings is 1. The molecule has 0 radical (unpaired) electrons. The molecule has 0 spiro atoms. The van der Waals surface area contributed by atoms with Gasteiger partial charge in [0, 0.05) is 11.6 Å². The molecule has 0 saturated heterocycles. The van der Waals surface area contributed by atoms with Crippen LogP contribution in [0, 0.1) is 22.7 Å². The molecule has 0 aromatic heterocycles. The highest BCUT2D eigenvalue weighted by Gasteiger charge is 2.60. The zero-order chi connectivity index (χ0) is 23.5. The lowest BCUT2D eigenvalue weighted by Gasteiger charge is -2.63. The molecule has 3 aliphatic carbocycles. The van der Waals surface area contributed by atoms with Crippen molar-refractivity contribution < 1.29 is 8.42 Å². The Hall–Kier alpha value is -1.36. The maximum Gasteiger partial charge on any atom is 0.277 e. The third kappa shape index (κ3) is 4.19. The predicted molar refractivity (Wildman–Crippen MR) is 130 cm³/mol. The number of hydrogen-bond donors (Lipinski definition) is 1. The molecule has 2 unspecified atom stereocenters. The molecule has 0 aliphatic heterocycles. The van der Waals surface area contributed by atoms with Crippen molar-refractivity contribution in [3.05, 3.63) is 28.8 Å². The maximum absolute atomic E-state index is 13.6. The topological polar surface area (TPSA) is 58.5 Å². The van der Waals surface area contributed by atoms with Gasteiger partial charge in [-0.15, -0.1) is 0 Å². The van der Waals surface area contributed by atoms with Gasteiger partial charge in [0.05, 0.1) is 4.90 Å². The fourth-order valence-electron chi connectivity index (χ4n) is 6.01. The summed E-state index contributed by atoms with van der Waals surface area (Å²) in [5, 5.41) is 4.58. The molecule has 174 valence electrons. The standard InChI is InChI=1S/C26H42N2O2S/c1-15(2)18-11-19(16(3)4)24(20(12-18)17(5)6)31(29,30)28-27-22-14-25(7,8)23-13-21(22)26(23,9)10/h11-12,15-17,21,23,28H,13-14H2,1-10H3/b27-22+. The van der Waals surface area contributed by atoms with Crippen molar-refractivity contribution in [2.24, 2.45) is 27.8 Å². The molecule has 1 N–H and O–H groups in total. The van der Waals surface area contributed by atoms with Crippen LogP contribution in [0.1, 0.15) is 117 Å². The number of sulfonamides is 1. The van der Waals surface area contributed by atoms with Gasteiger partial charge in [0.2, 0.25) is 0 Å². The van der Waals surface area contributed by atoms with E-state index in [1.807, 2.05) is 0 Å². The molecule has 5 heteroatoms. The van der Waals surface area contributed by atoms with Crippen molar-refractivity contribution in [3.8, 4) is 0 Å². The Bertz CT molecular complexity index is 948. The van der Waals surface area contributed by atoms with E-state index in [1.54, 1.807) is 0 Å². The Morgan fingerprint density at radius 3 is 1.84 bits per heavy atom. The van der Waals surface area contributed by atoms with Crippen LogP contribution in [0.5, 0.6) is 0 Å². The van der Waals surface area contributed by atoms with Crippen LogP contribution in [0.4, 0.5) is 0 Å². The van der Waals surface area contributed by atoms with E-state index < -0.39 is 10.0 Å². The van der Waals surface area contributed by atoms with Crippen LogP contribution in [0.2, 0.25) is 0 Å². The van der Waals surface area contributed by atoms with Crippen molar-refractivity contribution in [2.45, 2.75) is 105 Å². The normalized spacial score (nSPS) is 25.9. The SMILES string of the molecule is CC(C)c1cc(C(C)C)c(S(=O)(=O)N/N=C2\CC(C)(C)C3CC2C3(C)C)c(C(C)C)c1. The van der Waals surface area contributed by atoms with Gasteiger partial charge in [0.15, 0.2) is 0 Å². The first kappa shape index (κ1) is 24.3. The van der Waals surface area contributed by atoms with Crippen molar-refractivity contribution in [1.29, 1.82) is 0 Å². The predicted octanol–water partition coefficient (Wildman–Crippen LogP) is 6.78. The molecule has 3 aliphatic rings. The maximum atomic E-state index is 13.6. The molecule has 1 aromatic carbocycles. The van der Waals surface area contributed by atoms with Gasteiger partial charge in [0.1, 0.15) is 0 Å². The van der Waals surface area contributed by atoms with Gasteiger partial charge in [-0.05, 0) is 64.0 Å². The molecule has 0 heterocycles. The lowest BCUT2D eigenvalue weighted by atomic mass is 9.41. The largest absolute Gasteiger partial charge is 0.277 e. The van der Waals surface area contributed by atoms with E-state index in [9.17, 15) is 8.42 Å². The van der Waals surface area contributed by atoms with Gasteiger partial charge in [0.25, 0.3) is 10.0 Å². The fourth-order valence-corrected chi connectivity index (χ4v) is 7.55. The van der Waals surface area contributed by atoms with Crippen LogP contribution in [-0.2, 0) is 10.0 Å². The average Bonchev–Trinajstić information content (AvgIpc) is 2.63. The van der Waals surface area contributed by atoms with Crippen LogP contribution in [0.25, 0.3) is 0 Å². The minimum atomic E-state index is -3.77. The molecular formula is C26H42N2O2S. The molecule has 3 saturated carbocycles. The molecule has 2 bridgehead atoms. The van der Waals surface area contributed by atoms with Crippen LogP contribution in [-0.4, -0.2) is 14.1 Å². The second-order valence-electron chi connectivity index (χ2n) is 12.0. The number of rotatable bonds is 6. The number of fused-ring (bicyclic) bond motifs is 2. The van der Waals surface area contributed by atoms with Gasteiger partial charge >= 0.3 is 0 Å². The summed E-state index contributed by atoms with van der Waals surface area (Å²) in [7, 11) is -3.77. The lowest BCUT2D eigenvalue weighted by molar-refractivity contribution is -0.0802. The quantitative estimate of drug-likeness (QED) is 0.489. The highest BCUT2D eigenvalue weighted by molar-refractivity contribution is 7.89. The zero-order valence-electron chi connectivity index (χ0n) is 21.1. The zero-order valence-corrected chi connectivity index (χ0v) is 21.9. The number of hydrazone groups is 1. The summed E-state index contributed by atoms with van der Waals surface area (Å²) < 4.78 is 27.3. The summed E-state index contributed by atoms with van der Waals surface area (Å²) in [6.07, 6.45) is 1.97. The minimum Gasteiger partial charge on any atom is -0.200 e. The van der Waals surface area contributed by atoms with E-state index in [1.165, 1.54) is 5.56 Å². The van der Waals surface area contributed by atoms with Crippen molar-refractivity contribution in [2.75, 3.05) is 0 Å². The smallest absolute Gasteiger partial charge is 0.200 e. The summed E-state index contributed by atoms with van der Waals surface area (Å²) >= 11 is 0. The Balaban J connectivity index is 2.05. The van der Waals surface area contributed by atoms with E-state index in [4.69, 9.17) is 0 Å². The van der Waals surface area contributed by atoms with E-state index in [0.717, 1.165) is 29.7 Å². The van der Waals surface area contributed by atoms with Crippen LogP contribution in [0.15, 0.2) is 22.1 Å². The second-order valence-corrected chi connectivity index (χ2v) is 13.6. The van der Waals surface area contributed by atoms with Crippen LogP contribution >= 0.6 is 0 Å². The lowest BCUT2D eigenvalue weighted by Crippen LogP contribution is -2.60. The van der Waals surface area contributed by atoms with Gasteiger partial charge < -0.3 is 0 Å². The Labute approximate surface area is 190 Å². The number of nitrogens with zero attached hydrogens (tertiary/aromatic N) is 1. The van der Waals surface area contributed by atoms with Crippen molar-refractivity contribution >= 4 is 15.7 Å². The second kappa shape index (κ2) is 7.90. The van der Waals surface area contributed by atoms with Gasteiger partial charge in [-0.2, -0.15) is 13.5 Å². The van der Waals surface area contributed by atoms with Crippen molar-refractivity contribution in [1.82, 2.24) is 4.83 Å². The van der Waals surface area contributed by atoms with E-state index in [-0.39, 0.29) is 22.7 Å². The molecule has 3 fully saturated rings. The first-order valence-corrected chi connectivity index (χ1v) is 13.3. The molecule has 4 nitrogen and oxygen atoms in total. The van der Waals surface area contributed by atoms with Gasteiger partial charge in [-0.1, -0.05) is 81.4 Å². The minimum absolute atomic E-state index is 0.107. The average molecular weight is 447 g/mol. The molecule has 31 heavy (non-hydrogen) atoms. The van der Waals surface area contributed by atoms with E-state index in [2.05, 4.69) is 91.3 Å². The van der Waals surface area contributed by atoms with Crippen LogP contribution in [0.3, 0.4) is 0 Å². The van der Waals surface area contributed by atoms with E-state index >= 15 is 0 Å². The molecule has 4 rings (SSSR count). The molecule has 0 amide bonds. The monoisotopic (exact) mass is 446 g/mol. The van der Waals surface area contributed by atoms with Gasteiger partial charge in [-0.25, -0.2) is 4.83 Å². The summed E-state index contributed by atoms with van der Waals surface area (Å²) in [6, 6.07) is 4.15. The Morgan fingerprint density at radius 1 is 0.935 bits per heavy atom. The Kier molecular flexibility index (Phi) is 6.19. The van der Waals surface area contributed by atoms with E-state index in [0.29, 0.717) is 22.6 Å². The summed E-state index contributed by atoms with van der Waals surface area (Å²) in [4.78, 5) is 3.10. The first-order chi connectivity index (χ1) is 14.1. The van der Waals surface area contributed by atoms with Gasteiger partial charge in [-0.3, -0.25) is 0 Å². The van der Waals surface area contributed by atoms with Crippen molar-refractivity contribution in [3.63, 3.8) is 0 Å². The molecular weight excluding hydrogens is 404 g/mol. The third-order valence-electron chi connectivity index (χ3n) is 7.91.